The molecule has 0 spiro atoms. The standard InChI is InChI=1S/C13H20N2O3S/c1-9(2)5-6-10(8-16)19-13-14-11(17-3)7-12(15-13)18-4/h7-10H,5-6H2,1-4H3. The second-order valence-electron chi connectivity index (χ2n) is 4.50. The van der Waals surface area contributed by atoms with E-state index in [4.69, 9.17) is 9.47 Å². The fraction of sp³-hybridized carbons (Fsp3) is 0.615. The Bertz CT molecular complexity index is 391. The van der Waals surface area contributed by atoms with E-state index in [2.05, 4.69) is 23.8 Å². The van der Waals surface area contributed by atoms with Crippen LogP contribution in [-0.2, 0) is 4.79 Å². The third kappa shape index (κ3) is 5.46. The molecule has 0 bridgehead atoms. The minimum Gasteiger partial charge on any atom is -0.481 e. The van der Waals surface area contributed by atoms with Gasteiger partial charge < -0.3 is 14.3 Å². The number of rotatable bonds is 8. The minimum absolute atomic E-state index is 0.140. The average Bonchev–Trinajstić information content (AvgIpc) is 2.42. The number of aldehydes is 1. The number of aromatic nitrogens is 2. The summed E-state index contributed by atoms with van der Waals surface area (Å²) in [6, 6.07) is 1.61. The lowest BCUT2D eigenvalue weighted by Gasteiger charge is -2.11. The van der Waals surface area contributed by atoms with Gasteiger partial charge in [0.2, 0.25) is 11.8 Å². The molecule has 0 aliphatic rings. The molecule has 1 aromatic rings. The molecule has 19 heavy (non-hydrogen) atoms. The Morgan fingerprint density at radius 3 is 2.21 bits per heavy atom. The Kier molecular flexibility index (Phi) is 6.62. The van der Waals surface area contributed by atoms with Crippen LogP contribution in [-0.4, -0.2) is 35.7 Å². The first kappa shape index (κ1) is 15.8. The monoisotopic (exact) mass is 284 g/mol. The number of methoxy groups -OCH3 is 2. The summed E-state index contributed by atoms with van der Waals surface area (Å²) >= 11 is 1.34. The maximum Gasteiger partial charge on any atom is 0.220 e. The summed E-state index contributed by atoms with van der Waals surface area (Å²) in [6.07, 6.45) is 2.76. The molecule has 1 heterocycles. The molecule has 1 unspecified atom stereocenters. The predicted molar refractivity (Wildman–Crippen MR) is 74.9 cm³/mol. The Hall–Kier alpha value is -1.30. The zero-order chi connectivity index (χ0) is 14.3. The molecule has 1 aromatic heterocycles. The summed E-state index contributed by atoms with van der Waals surface area (Å²) in [5, 5.41) is 0.358. The van der Waals surface area contributed by atoms with Crippen LogP contribution in [0.2, 0.25) is 0 Å². The van der Waals surface area contributed by atoms with Crippen LogP contribution in [0.3, 0.4) is 0 Å². The lowest BCUT2D eigenvalue weighted by molar-refractivity contribution is -0.107. The van der Waals surface area contributed by atoms with Gasteiger partial charge in [-0.15, -0.1) is 0 Å². The summed E-state index contributed by atoms with van der Waals surface area (Å²) in [5.41, 5.74) is 0. The third-order valence-corrected chi connectivity index (χ3v) is 3.56. The summed E-state index contributed by atoms with van der Waals surface area (Å²) < 4.78 is 10.2. The number of ether oxygens (including phenoxy) is 2. The molecule has 0 radical (unpaired) electrons. The Morgan fingerprint density at radius 2 is 1.79 bits per heavy atom. The van der Waals surface area contributed by atoms with Gasteiger partial charge in [-0.25, -0.2) is 0 Å². The Morgan fingerprint density at radius 1 is 1.21 bits per heavy atom. The van der Waals surface area contributed by atoms with Crippen molar-refractivity contribution in [2.75, 3.05) is 14.2 Å². The van der Waals surface area contributed by atoms with Crippen molar-refractivity contribution in [1.82, 2.24) is 9.97 Å². The van der Waals surface area contributed by atoms with Crippen molar-refractivity contribution in [2.45, 2.75) is 37.1 Å². The third-order valence-electron chi connectivity index (χ3n) is 2.51. The Balaban J connectivity index is 2.75. The van der Waals surface area contributed by atoms with Crippen LogP contribution in [0.5, 0.6) is 11.8 Å². The normalized spacial score (nSPS) is 12.3. The molecule has 0 aliphatic carbocycles. The maximum atomic E-state index is 11.1. The molecule has 0 saturated heterocycles. The van der Waals surface area contributed by atoms with Gasteiger partial charge in [0, 0.05) is 0 Å². The average molecular weight is 284 g/mol. The molecule has 0 fully saturated rings. The van der Waals surface area contributed by atoms with E-state index >= 15 is 0 Å². The van der Waals surface area contributed by atoms with E-state index in [1.807, 2.05) is 0 Å². The number of hydrogen-bond donors (Lipinski definition) is 0. The van der Waals surface area contributed by atoms with Crippen LogP contribution >= 0.6 is 11.8 Å². The molecule has 0 N–H and O–H groups in total. The molecule has 1 atom stereocenters. The van der Waals surface area contributed by atoms with Crippen LogP contribution in [0.15, 0.2) is 11.2 Å². The highest BCUT2D eigenvalue weighted by Crippen LogP contribution is 2.27. The summed E-state index contributed by atoms with van der Waals surface area (Å²) in [6.45, 7) is 4.27. The van der Waals surface area contributed by atoms with Crippen molar-refractivity contribution in [1.29, 1.82) is 0 Å². The highest BCUT2D eigenvalue weighted by molar-refractivity contribution is 8.00. The summed E-state index contributed by atoms with van der Waals surface area (Å²) in [4.78, 5) is 19.5. The summed E-state index contributed by atoms with van der Waals surface area (Å²) in [5.74, 6) is 1.44. The van der Waals surface area contributed by atoms with Gasteiger partial charge in [0.05, 0.1) is 25.5 Å². The van der Waals surface area contributed by atoms with Crippen LogP contribution in [0.1, 0.15) is 26.7 Å². The molecule has 0 aromatic carbocycles. The Labute approximate surface area is 118 Å². The molecule has 106 valence electrons. The largest absolute Gasteiger partial charge is 0.481 e. The second kappa shape index (κ2) is 7.99. The topological polar surface area (TPSA) is 61.3 Å². The van der Waals surface area contributed by atoms with Crippen LogP contribution in [0.4, 0.5) is 0 Å². The summed E-state index contributed by atoms with van der Waals surface area (Å²) in [7, 11) is 3.07. The van der Waals surface area contributed by atoms with E-state index in [9.17, 15) is 4.79 Å². The molecule has 1 rings (SSSR count). The zero-order valence-corrected chi connectivity index (χ0v) is 12.6. The number of thioether (sulfide) groups is 1. The van der Waals surface area contributed by atoms with E-state index in [1.165, 1.54) is 26.0 Å². The zero-order valence-electron chi connectivity index (χ0n) is 11.8. The van der Waals surface area contributed by atoms with Gasteiger partial charge in [0.25, 0.3) is 0 Å². The number of nitrogens with zero attached hydrogens (tertiary/aromatic N) is 2. The number of carbonyl (C=O) groups excluding carboxylic acids is 1. The van der Waals surface area contributed by atoms with Crippen molar-refractivity contribution >= 4 is 18.0 Å². The first-order valence-electron chi connectivity index (χ1n) is 6.18. The highest BCUT2D eigenvalue weighted by atomic mass is 32.2. The first-order valence-corrected chi connectivity index (χ1v) is 7.06. The SMILES string of the molecule is COc1cc(OC)nc(SC(C=O)CCC(C)C)n1. The van der Waals surface area contributed by atoms with Gasteiger partial charge in [-0.1, -0.05) is 25.6 Å². The van der Waals surface area contributed by atoms with Gasteiger partial charge in [0.1, 0.15) is 6.29 Å². The van der Waals surface area contributed by atoms with Gasteiger partial charge in [0.15, 0.2) is 5.16 Å². The fourth-order valence-corrected chi connectivity index (χ4v) is 2.30. The van der Waals surface area contributed by atoms with Crippen molar-refractivity contribution in [3.8, 4) is 11.8 Å². The molecular weight excluding hydrogens is 264 g/mol. The van der Waals surface area contributed by atoms with Crippen molar-refractivity contribution < 1.29 is 14.3 Å². The van der Waals surface area contributed by atoms with Crippen molar-refractivity contribution in [3.05, 3.63) is 6.07 Å². The van der Waals surface area contributed by atoms with Gasteiger partial charge >= 0.3 is 0 Å². The van der Waals surface area contributed by atoms with E-state index in [1.54, 1.807) is 6.07 Å². The van der Waals surface area contributed by atoms with E-state index in [-0.39, 0.29) is 5.25 Å². The fourth-order valence-electron chi connectivity index (χ4n) is 1.43. The lowest BCUT2D eigenvalue weighted by atomic mass is 10.1. The first-order chi connectivity index (χ1) is 9.08. The van der Waals surface area contributed by atoms with Crippen LogP contribution < -0.4 is 9.47 Å². The number of carbonyl (C=O) groups is 1. The smallest absolute Gasteiger partial charge is 0.220 e. The van der Waals surface area contributed by atoms with Crippen LogP contribution in [0.25, 0.3) is 0 Å². The molecule has 0 amide bonds. The van der Waals surface area contributed by atoms with Crippen LogP contribution in [0, 0.1) is 5.92 Å². The number of hydrogen-bond acceptors (Lipinski definition) is 6. The van der Waals surface area contributed by atoms with Crippen molar-refractivity contribution in [3.63, 3.8) is 0 Å². The lowest BCUT2D eigenvalue weighted by Crippen LogP contribution is -2.07. The van der Waals surface area contributed by atoms with Gasteiger partial charge in [-0.3, -0.25) is 0 Å². The molecular formula is C13H20N2O3S. The molecule has 0 saturated carbocycles. The molecule has 6 heteroatoms. The molecule has 5 nitrogen and oxygen atoms in total. The molecule has 0 aliphatic heterocycles. The van der Waals surface area contributed by atoms with Crippen molar-refractivity contribution in [2.24, 2.45) is 5.92 Å². The highest BCUT2D eigenvalue weighted by Gasteiger charge is 2.14. The predicted octanol–water partition coefficient (Wildman–Crippen LogP) is 2.59. The maximum absolute atomic E-state index is 11.1. The van der Waals surface area contributed by atoms with E-state index in [0.29, 0.717) is 22.8 Å². The van der Waals surface area contributed by atoms with Gasteiger partial charge in [-0.05, 0) is 18.8 Å². The second-order valence-corrected chi connectivity index (χ2v) is 5.71. The van der Waals surface area contributed by atoms with Gasteiger partial charge in [-0.2, -0.15) is 9.97 Å². The quantitative estimate of drug-likeness (QED) is 0.415. The van der Waals surface area contributed by atoms with E-state index in [0.717, 1.165) is 19.1 Å². The minimum atomic E-state index is -0.140. The van der Waals surface area contributed by atoms with E-state index < -0.39 is 0 Å².